The average molecular weight is 543 g/mol. The van der Waals surface area contributed by atoms with Gasteiger partial charge in [0.15, 0.2) is 0 Å². The molecule has 1 N–H and O–H groups in total. The van der Waals surface area contributed by atoms with Gasteiger partial charge in [0, 0.05) is 23.7 Å². The third-order valence-corrected chi connectivity index (χ3v) is 6.67. The zero-order valence-corrected chi connectivity index (χ0v) is 22.7. The summed E-state index contributed by atoms with van der Waals surface area (Å²) in [5.41, 5.74) is 3.24. The van der Waals surface area contributed by atoms with E-state index >= 15 is 0 Å². The van der Waals surface area contributed by atoms with Crippen LogP contribution in [0.1, 0.15) is 28.3 Å². The van der Waals surface area contributed by atoms with Crippen molar-refractivity contribution in [2.24, 2.45) is 0 Å². The number of methoxy groups -OCH3 is 2. The van der Waals surface area contributed by atoms with Gasteiger partial charge in [-0.3, -0.25) is 9.59 Å². The maximum atomic E-state index is 13.9. The molecule has 0 saturated carbocycles. The lowest BCUT2D eigenvalue weighted by Crippen LogP contribution is -2.43. The second-order valence-corrected chi connectivity index (χ2v) is 9.45. The average Bonchev–Trinajstić information content (AvgIpc) is 2.98. The molecule has 0 radical (unpaired) electrons. The highest BCUT2D eigenvalue weighted by molar-refractivity contribution is 6.30. The van der Waals surface area contributed by atoms with Crippen LogP contribution >= 0.6 is 11.6 Å². The van der Waals surface area contributed by atoms with Gasteiger partial charge in [-0.25, -0.2) is 0 Å². The Morgan fingerprint density at radius 2 is 1.44 bits per heavy atom. The number of para-hydroxylation sites is 1. The third-order valence-electron chi connectivity index (χ3n) is 6.42. The first-order valence-electron chi connectivity index (χ1n) is 12.6. The van der Waals surface area contributed by atoms with Gasteiger partial charge in [-0.15, -0.1) is 0 Å². The highest BCUT2D eigenvalue weighted by Gasteiger charge is 2.31. The number of carbonyl (C=O) groups is 2. The lowest BCUT2D eigenvalue weighted by Gasteiger charge is -2.32. The van der Waals surface area contributed by atoms with E-state index < -0.39 is 6.04 Å². The molecular formula is C32H31ClN2O4. The number of halogens is 1. The molecule has 0 bridgehead atoms. The van der Waals surface area contributed by atoms with Crippen molar-refractivity contribution < 1.29 is 19.1 Å². The first-order valence-corrected chi connectivity index (χ1v) is 13.0. The summed E-state index contributed by atoms with van der Waals surface area (Å²) in [5.74, 6) is 0.925. The molecule has 6 nitrogen and oxygen atoms in total. The molecule has 200 valence electrons. The Hall–Kier alpha value is -4.29. The molecule has 0 aromatic heterocycles. The van der Waals surface area contributed by atoms with Gasteiger partial charge in [0.25, 0.3) is 0 Å². The van der Waals surface area contributed by atoms with Crippen LogP contribution in [0.15, 0.2) is 103 Å². The Kier molecular flexibility index (Phi) is 9.59. The van der Waals surface area contributed by atoms with E-state index in [0.29, 0.717) is 22.1 Å². The molecule has 39 heavy (non-hydrogen) atoms. The molecule has 4 aromatic rings. The summed E-state index contributed by atoms with van der Waals surface area (Å²) in [7, 11) is 3.20. The number of benzene rings is 4. The minimum Gasteiger partial charge on any atom is -0.497 e. The molecule has 0 spiro atoms. The van der Waals surface area contributed by atoms with Crippen molar-refractivity contribution in [3.8, 4) is 11.5 Å². The van der Waals surface area contributed by atoms with Crippen molar-refractivity contribution >= 4 is 23.4 Å². The van der Waals surface area contributed by atoms with Crippen LogP contribution in [0, 0.1) is 0 Å². The number of nitrogens with zero attached hydrogens (tertiary/aromatic N) is 1. The molecule has 0 fully saturated rings. The van der Waals surface area contributed by atoms with Gasteiger partial charge in [-0.05, 0) is 47.0 Å². The summed E-state index contributed by atoms with van der Waals surface area (Å²) in [6, 6.07) is 30.7. The maximum absolute atomic E-state index is 13.9. The van der Waals surface area contributed by atoms with E-state index in [9.17, 15) is 9.59 Å². The fourth-order valence-corrected chi connectivity index (χ4v) is 4.49. The number of rotatable bonds is 11. The van der Waals surface area contributed by atoms with Crippen LogP contribution < -0.4 is 14.8 Å². The van der Waals surface area contributed by atoms with E-state index in [-0.39, 0.29) is 31.3 Å². The van der Waals surface area contributed by atoms with Gasteiger partial charge < -0.3 is 19.7 Å². The minimum atomic E-state index is -0.859. The van der Waals surface area contributed by atoms with Gasteiger partial charge >= 0.3 is 0 Å². The highest BCUT2D eigenvalue weighted by Crippen LogP contribution is 2.26. The van der Waals surface area contributed by atoms with Crippen molar-refractivity contribution in [3.63, 3.8) is 0 Å². The first kappa shape index (κ1) is 27.7. The van der Waals surface area contributed by atoms with Gasteiger partial charge in [-0.1, -0.05) is 84.4 Å². The Bertz CT molecular complexity index is 1380. The van der Waals surface area contributed by atoms with Gasteiger partial charge in [0.1, 0.15) is 17.5 Å². The van der Waals surface area contributed by atoms with Gasteiger partial charge in [0.2, 0.25) is 11.8 Å². The molecule has 0 heterocycles. The van der Waals surface area contributed by atoms with E-state index in [1.807, 2.05) is 91.0 Å². The van der Waals surface area contributed by atoms with Crippen LogP contribution in [-0.4, -0.2) is 30.9 Å². The molecule has 0 saturated heterocycles. The number of hydrogen-bond acceptors (Lipinski definition) is 4. The lowest BCUT2D eigenvalue weighted by molar-refractivity contribution is -0.141. The summed E-state index contributed by atoms with van der Waals surface area (Å²) in [5, 5.41) is 3.63. The van der Waals surface area contributed by atoms with Crippen molar-refractivity contribution in [1.82, 2.24) is 10.2 Å². The van der Waals surface area contributed by atoms with Crippen LogP contribution in [0.2, 0.25) is 5.02 Å². The standard InChI is InChI=1S/C32H31ClN2O4/c1-38-28-18-14-24(15-19-28)22-35(30(36)20-23-12-16-27(33)17-13-23)31(25-8-4-3-5-9-25)32(37)34-21-26-10-6-7-11-29(26)39-2/h3-19,31H,20-22H2,1-2H3,(H,34,37). The summed E-state index contributed by atoms with van der Waals surface area (Å²) >= 11 is 6.05. The summed E-state index contributed by atoms with van der Waals surface area (Å²) in [4.78, 5) is 29.4. The van der Waals surface area contributed by atoms with Crippen LogP contribution in [0.4, 0.5) is 0 Å². The molecule has 0 aliphatic rings. The number of ether oxygens (including phenoxy) is 2. The monoisotopic (exact) mass is 542 g/mol. The zero-order valence-electron chi connectivity index (χ0n) is 22.0. The van der Waals surface area contributed by atoms with Crippen molar-refractivity contribution in [2.75, 3.05) is 14.2 Å². The van der Waals surface area contributed by atoms with Crippen LogP contribution in [0.5, 0.6) is 11.5 Å². The number of hydrogen-bond donors (Lipinski definition) is 1. The molecule has 2 amide bonds. The molecular weight excluding hydrogens is 512 g/mol. The highest BCUT2D eigenvalue weighted by atomic mass is 35.5. The van der Waals surface area contributed by atoms with E-state index in [2.05, 4.69) is 5.32 Å². The number of carbonyl (C=O) groups excluding carboxylic acids is 2. The number of nitrogens with one attached hydrogen (secondary N) is 1. The van der Waals surface area contributed by atoms with Crippen molar-refractivity contribution in [3.05, 3.63) is 130 Å². The minimum absolute atomic E-state index is 0.121. The van der Waals surface area contributed by atoms with Crippen LogP contribution in [0.25, 0.3) is 0 Å². The Balaban J connectivity index is 1.68. The smallest absolute Gasteiger partial charge is 0.247 e. The normalized spacial score (nSPS) is 11.4. The molecule has 1 atom stereocenters. The van der Waals surface area contributed by atoms with E-state index in [1.165, 1.54) is 0 Å². The predicted octanol–water partition coefficient (Wildman–Crippen LogP) is 5.99. The second-order valence-electron chi connectivity index (χ2n) is 9.02. The molecule has 7 heteroatoms. The Labute approximate surface area is 234 Å². The summed E-state index contributed by atoms with van der Waals surface area (Å²) in [6.07, 6.45) is 0.121. The molecule has 0 aliphatic heterocycles. The third kappa shape index (κ3) is 7.39. The summed E-state index contributed by atoms with van der Waals surface area (Å²) < 4.78 is 10.7. The number of amides is 2. The molecule has 1 unspecified atom stereocenters. The van der Waals surface area contributed by atoms with Crippen LogP contribution in [0.3, 0.4) is 0 Å². The maximum Gasteiger partial charge on any atom is 0.247 e. The second kappa shape index (κ2) is 13.5. The lowest BCUT2D eigenvalue weighted by atomic mass is 10.0. The molecule has 4 rings (SSSR count). The van der Waals surface area contributed by atoms with E-state index in [4.69, 9.17) is 21.1 Å². The van der Waals surface area contributed by atoms with Crippen LogP contribution in [-0.2, 0) is 29.1 Å². The predicted molar refractivity (Wildman–Crippen MR) is 153 cm³/mol. The summed E-state index contributed by atoms with van der Waals surface area (Å²) in [6.45, 7) is 0.492. The largest absolute Gasteiger partial charge is 0.497 e. The fraction of sp³-hybridized carbons (Fsp3) is 0.188. The quantitative estimate of drug-likeness (QED) is 0.253. The first-order chi connectivity index (χ1) is 19.0. The van der Waals surface area contributed by atoms with Crippen molar-refractivity contribution in [2.45, 2.75) is 25.6 Å². The van der Waals surface area contributed by atoms with Gasteiger partial charge in [-0.2, -0.15) is 0 Å². The Morgan fingerprint density at radius 3 is 2.10 bits per heavy atom. The SMILES string of the molecule is COc1ccc(CN(C(=O)Cc2ccc(Cl)cc2)C(C(=O)NCc2ccccc2OC)c2ccccc2)cc1. The van der Waals surface area contributed by atoms with E-state index in [0.717, 1.165) is 16.7 Å². The Morgan fingerprint density at radius 1 is 0.795 bits per heavy atom. The zero-order chi connectivity index (χ0) is 27.6. The topological polar surface area (TPSA) is 67.9 Å². The van der Waals surface area contributed by atoms with E-state index in [1.54, 1.807) is 31.3 Å². The molecule has 4 aromatic carbocycles. The fourth-order valence-electron chi connectivity index (χ4n) is 4.37. The molecule has 0 aliphatic carbocycles. The van der Waals surface area contributed by atoms with Crippen molar-refractivity contribution in [1.29, 1.82) is 0 Å². The van der Waals surface area contributed by atoms with Gasteiger partial charge in [0.05, 0.1) is 20.6 Å².